The van der Waals surface area contributed by atoms with Gasteiger partial charge < -0.3 is 4.29 Å². The second kappa shape index (κ2) is 3.62. The number of allylic oxidation sites excluding steroid dienone is 1. The molecular formula is C7H11ClO2. The van der Waals surface area contributed by atoms with Crippen molar-refractivity contribution >= 4 is 17.6 Å². The summed E-state index contributed by atoms with van der Waals surface area (Å²) in [6.07, 6.45) is 2.47. The van der Waals surface area contributed by atoms with E-state index in [1.54, 1.807) is 0 Å². The maximum Gasteiger partial charge on any atom is 0.164 e. The third-order valence-electron chi connectivity index (χ3n) is 1.01. The van der Waals surface area contributed by atoms with E-state index < -0.39 is 0 Å². The number of rotatable bonds is 2. The van der Waals surface area contributed by atoms with Gasteiger partial charge in [0.05, 0.1) is 0 Å². The van der Waals surface area contributed by atoms with Crippen molar-refractivity contribution in [2.24, 2.45) is 5.41 Å². The van der Waals surface area contributed by atoms with Crippen LogP contribution in [0.2, 0.25) is 0 Å². The van der Waals surface area contributed by atoms with Gasteiger partial charge in [-0.05, 0) is 0 Å². The molecule has 0 rings (SSSR count). The molecule has 0 aliphatic rings. The summed E-state index contributed by atoms with van der Waals surface area (Å²) >= 11 is 4.86. The molecule has 0 aromatic rings. The quantitative estimate of drug-likeness (QED) is 0.460. The van der Waals surface area contributed by atoms with Gasteiger partial charge in [-0.25, -0.2) is 0 Å². The van der Waals surface area contributed by atoms with Crippen molar-refractivity contribution in [3.8, 4) is 0 Å². The van der Waals surface area contributed by atoms with Gasteiger partial charge in [0.15, 0.2) is 5.78 Å². The summed E-state index contributed by atoms with van der Waals surface area (Å²) in [4.78, 5) is 11.0. The molecule has 10 heavy (non-hydrogen) atoms. The molecular weight excluding hydrogens is 152 g/mol. The minimum Gasteiger partial charge on any atom is -0.393 e. The number of ketones is 1. The summed E-state index contributed by atoms with van der Waals surface area (Å²) in [6, 6.07) is 0. The van der Waals surface area contributed by atoms with E-state index in [-0.39, 0.29) is 11.2 Å². The van der Waals surface area contributed by atoms with Gasteiger partial charge in [-0.3, -0.25) is 4.79 Å². The van der Waals surface area contributed by atoms with Crippen LogP contribution in [0.3, 0.4) is 0 Å². The third kappa shape index (κ3) is 3.51. The molecule has 0 heterocycles. The van der Waals surface area contributed by atoms with Crippen LogP contribution in [0.15, 0.2) is 12.3 Å². The molecule has 0 saturated carbocycles. The van der Waals surface area contributed by atoms with Gasteiger partial charge in [0.25, 0.3) is 0 Å². The normalized spacial score (nSPS) is 12.0. The molecule has 0 spiro atoms. The van der Waals surface area contributed by atoms with Crippen molar-refractivity contribution in [1.29, 1.82) is 0 Å². The van der Waals surface area contributed by atoms with Crippen LogP contribution in [0.1, 0.15) is 20.8 Å². The Labute approximate surface area is 66.0 Å². The van der Waals surface area contributed by atoms with E-state index >= 15 is 0 Å². The van der Waals surface area contributed by atoms with Crippen molar-refractivity contribution < 1.29 is 9.08 Å². The second-order valence-electron chi connectivity index (χ2n) is 3.01. The fourth-order valence-electron chi connectivity index (χ4n) is 0.338. The van der Waals surface area contributed by atoms with Gasteiger partial charge in [-0.15, -0.1) is 0 Å². The van der Waals surface area contributed by atoms with E-state index in [9.17, 15) is 4.79 Å². The standard InChI is InChI=1S/C7H11ClO2/c1-7(2,3)6(9)4-5-10-8/h4-5H,1-3H3. The minimum atomic E-state index is -0.355. The first-order chi connectivity index (χ1) is 4.48. The molecule has 0 unspecified atom stereocenters. The predicted molar refractivity (Wildman–Crippen MR) is 40.5 cm³/mol. The fourth-order valence-corrected chi connectivity index (χ4v) is 0.389. The first kappa shape index (κ1) is 9.50. The van der Waals surface area contributed by atoms with Crippen molar-refractivity contribution in [3.63, 3.8) is 0 Å². The van der Waals surface area contributed by atoms with Crippen molar-refractivity contribution in [2.45, 2.75) is 20.8 Å². The fraction of sp³-hybridized carbons (Fsp3) is 0.571. The Bertz CT molecular complexity index is 144. The molecule has 58 valence electrons. The molecule has 0 aromatic carbocycles. The lowest BCUT2D eigenvalue weighted by molar-refractivity contribution is -0.121. The summed E-state index contributed by atoms with van der Waals surface area (Å²) in [5.41, 5.74) is -0.355. The first-order valence-corrected chi connectivity index (χ1v) is 3.27. The minimum absolute atomic E-state index is 0.00634. The van der Waals surface area contributed by atoms with Crippen LogP contribution in [0.5, 0.6) is 0 Å². The molecule has 0 aliphatic heterocycles. The van der Waals surface area contributed by atoms with Crippen LogP contribution >= 0.6 is 11.9 Å². The van der Waals surface area contributed by atoms with Crippen LogP contribution in [0.25, 0.3) is 0 Å². The number of halogens is 1. The van der Waals surface area contributed by atoms with Crippen molar-refractivity contribution in [3.05, 3.63) is 12.3 Å². The van der Waals surface area contributed by atoms with Gasteiger partial charge >= 0.3 is 0 Å². The average molecular weight is 163 g/mol. The maximum absolute atomic E-state index is 11.0. The number of carbonyl (C=O) groups is 1. The number of hydrogen-bond acceptors (Lipinski definition) is 2. The largest absolute Gasteiger partial charge is 0.393 e. The molecule has 0 aromatic heterocycles. The van der Waals surface area contributed by atoms with Gasteiger partial charge in [0.2, 0.25) is 0 Å². The zero-order chi connectivity index (χ0) is 8.20. The summed E-state index contributed by atoms with van der Waals surface area (Å²) in [6.45, 7) is 5.48. The van der Waals surface area contributed by atoms with Crippen LogP contribution < -0.4 is 0 Å². The Balaban J connectivity index is 3.98. The van der Waals surface area contributed by atoms with E-state index in [1.165, 1.54) is 6.08 Å². The van der Waals surface area contributed by atoms with E-state index in [4.69, 9.17) is 11.9 Å². The smallest absolute Gasteiger partial charge is 0.164 e. The predicted octanol–water partition coefficient (Wildman–Crippen LogP) is 2.29. The SMILES string of the molecule is CC(C)(C)C(=O)C=COCl. The summed E-state index contributed by atoms with van der Waals surface area (Å²) in [7, 11) is 0. The molecule has 3 heteroatoms. The highest BCUT2D eigenvalue weighted by molar-refractivity contribution is 6.08. The lowest BCUT2D eigenvalue weighted by Crippen LogP contribution is -2.17. The molecule has 0 radical (unpaired) electrons. The molecule has 0 atom stereocenters. The Morgan fingerprint density at radius 3 is 2.30 bits per heavy atom. The highest BCUT2D eigenvalue weighted by Gasteiger charge is 2.17. The van der Waals surface area contributed by atoms with Crippen LogP contribution in [-0.4, -0.2) is 5.78 Å². The van der Waals surface area contributed by atoms with Gasteiger partial charge in [-0.1, -0.05) is 20.8 Å². The van der Waals surface area contributed by atoms with E-state index in [0.29, 0.717) is 0 Å². The molecule has 0 amide bonds. The lowest BCUT2D eigenvalue weighted by Gasteiger charge is -2.12. The zero-order valence-electron chi connectivity index (χ0n) is 6.35. The maximum atomic E-state index is 11.0. The molecule has 0 bridgehead atoms. The zero-order valence-corrected chi connectivity index (χ0v) is 7.11. The summed E-state index contributed by atoms with van der Waals surface area (Å²) in [5.74, 6) is -0.00634. The monoisotopic (exact) mass is 162 g/mol. The molecule has 0 saturated heterocycles. The van der Waals surface area contributed by atoms with E-state index in [2.05, 4.69) is 4.29 Å². The Morgan fingerprint density at radius 2 is 2.00 bits per heavy atom. The summed E-state index contributed by atoms with van der Waals surface area (Å²) in [5, 5.41) is 0. The number of carbonyl (C=O) groups excluding carboxylic acids is 1. The Morgan fingerprint density at radius 1 is 1.50 bits per heavy atom. The Kier molecular flexibility index (Phi) is 3.43. The van der Waals surface area contributed by atoms with E-state index in [1.807, 2.05) is 20.8 Å². The summed E-state index contributed by atoms with van der Waals surface area (Å²) < 4.78 is 4.08. The van der Waals surface area contributed by atoms with Crippen LogP contribution in [0, 0.1) is 5.41 Å². The van der Waals surface area contributed by atoms with Gasteiger partial charge in [0, 0.05) is 11.5 Å². The van der Waals surface area contributed by atoms with Gasteiger partial charge in [0.1, 0.15) is 18.1 Å². The van der Waals surface area contributed by atoms with Crippen molar-refractivity contribution in [1.82, 2.24) is 0 Å². The highest BCUT2D eigenvalue weighted by Crippen LogP contribution is 2.14. The topological polar surface area (TPSA) is 26.3 Å². The second-order valence-corrected chi connectivity index (χ2v) is 3.18. The molecule has 0 fully saturated rings. The van der Waals surface area contributed by atoms with E-state index in [0.717, 1.165) is 6.26 Å². The van der Waals surface area contributed by atoms with Crippen LogP contribution in [-0.2, 0) is 9.08 Å². The third-order valence-corrected chi connectivity index (χ3v) is 1.11. The molecule has 0 N–H and O–H groups in total. The average Bonchev–Trinajstić information content (AvgIpc) is 1.80. The first-order valence-electron chi connectivity index (χ1n) is 2.97. The van der Waals surface area contributed by atoms with Crippen molar-refractivity contribution in [2.75, 3.05) is 0 Å². The van der Waals surface area contributed by atoms with Crippen LogP contribution in [0.4, 0.5) is 0 Å². The lowest BCUT2D eigenvalue weighted by atomic mass is 9.91. The van der Waals surface area contributed by atoms with Gasteiger partial charge in [-0.2, -0.15) is 0 Å². The Hall–Kier alpha value is -0.500. The number of hydrogen-bond donors (Lipinski definition) is 0. The molecule has 0 aliphatic carbocycles. The highest BCUT2D eigenvalue weighted by atomic mass is 35.5. The molecule has 2 nitrogen and oxygen atoms in total.